The quantitative estimate of drug-likeness (QED) is 0.272. The monoisotopic (exact) mass is 527 g/mol. The number of rotatable bonds is 11. The molecule has 39 heavy (non-hydrogen) atoms. The lowest BCUT2D eigenvalue weighted by Gasteiger charge is -2.35. The molecular formula is C33H41N3O3. The number of unbranched alkanes of at least 4 members (excludes halogenated alkanes) is 1. The van der Waals surface area contributed by atoms with Gasteiger partial charge in [0.25, 0.3) is 11.8 Å². The zero-order valence-corrected chi connectivity index (χ0v) is 23.4. The Kier molecular flexibility index (Phi) is 10.0. The average Bonchev–Trinajstić information content (AvgIpc) is 2.94. The van der Waals surface area contributed by atoms with Gasteiger partial charge in [-0.3, -0.25) is 9.59 Å². The van der Waals surface area contributed by atoms with Crippen LogP contribution in [0.4, 0.5) is 11.4 Å². The molecule has 1 aliphatic heterocycles. The zero-order valence-electron chi connectivity index (χ0n) is 23.4. The number of nitrogens with zero attached hydrogens (tertiary/aromatic N) is 1. The van der Waals surface area contributed by atoms with E-state index < -0.39 is 0 Å². The number of amides is 2. The molecule has 3 aromatic carbocycles. The van der Waals surface area contributed by atoms with Gasteiger partial charge in [0.1, 0.15) is 5.75 Å². The van der Waals surface area contributed by atoms with Gasteiger partial charge in [-0.2, -0.15) is 0 Å². The summed E-state index contributed by atoms with van der Waals surface area (Å²) < 4.78 is 5.70. The zero-order chi connectivity index (χ0) is 27.6. The highest BCUT2D eigenvalue weighted by atomic mass is 16.5. The molecular weight excluding hydrogens is 486 g/mol. The van der Waals surface area contributed by atoms with Gasteiger partial charge in [0.05, 0.1) is 12.2 Å². The molecule has 0 radical (unpaired) electrons. The van der Waals surface area contributed by atoms with E-state index in [1.165, 1.54) is 5.56 Å². The van der Waals surface area contributed by atoms with E-state index in [-0.39, 0.29) is 17.9 Å². The van der Waals surface area contributed by atoms with Gasteiger partial charge >= 0.3 is 0 Å². The smallest absolute Gasteiger partial charge is 0.255 e. The van der Waals surface area contributed by atoms with E-state index in [4.69, 9.17) is 4.74 Å². The predicted molar refractivity (Wildman–Crippen MR) is 159 cm³/mol. The van der Waals surface area contributed by atoms with Crippen molar-refractivity contribution >= 4 is 23.2 Å². The van der Waals surface area contributed by atoms with E-state index >= 15 is 0 Å². The summed E-state index contributed by atoms with van der Waals surface area (Å²) in [5.74, 6) is 1.04. The Bertz CT molecular complexity index is 1220. The van der Waals surface area contributed by atoms with Gasteiger partial charge in [-0.1, -0.05) is 43.7 Å². The van der Waals surface area contributed by atoms with Crippen LogP contribution >= 0.6 is 0 Å². The van der Waals surface area contributed by atoms with E-state index in [1.807, 2.05) is 38.1 Å². The second-order valence-electron chi connectivity index (χ2n) is 10.7. The number of piperidine rings is 1. The van der Waals surface area contributed by atoms with E-state index in [1.54, 1.807) is 18.2 Å². The minimum Gasteiger partial charge on any atom is -0.494 e. The Morgan fingerprint density at radius 3 is 2.33 bits per heavy atom. The van der Waals surface area contributed by atoms with Crippen LogP contribution in [0.15, 0.2) is 72.8 Å². The Morgan fingerprint density at radius 1 is 0.949 bits per heavy atom. The number of hydrogen-bond donors (Lipinski definition) is 2. The number of hydrogen-bond acceptors (Lipinski definition) is 4. The van der Waals surface area contributed by atoms with Crippen molar-refractivity contribution < 1.29 is 14.3 Å². The molecule has 3 aromatic rings. The largest absolute Gasteiger partial charge is 0.494 e. The lowest BCUT2D eigenvalue weighted by Crippen LogP contribution is -2.37. The summed E-state index contributed by atoms with van der Waals surface area (Å²) >= 11 is 0. The van der Waals surface area contributed by atoms with Crippen molar-refractivity contribution in [1.82, 2.24) is 5.32 Å². The minimum absolute atomic E-state index is 0.0123. The molecule has 1 saturated heterocycles. The Labute approximate surface area is 232 Å². The van der Waals surface area contributed by atoms with Crippen LogP contribution < -0.4 is 20.3 Å². The van der Waals surface area contributed by atoms with Gasteiger partial charge in [0.15, 0.2) is 0 Å². The van der Waals surface area contributed by atoms with Crippen LogP contribution in [0.25, 0.3) is 0 Å². The third-order valence-corrected chi connectivity index (χ3v) is 7.12. The lowest BCUT2D eigenvalue weighted by molar-refractivity contribution is 0.0942. The van der Waals surface area contributed by atoms with E-state index in [0.29, 0.717) is 29.3 Å². The van der Waals surface area contributed by atoms with Gasteiger partial charge in [0, 0.05) is 36.1 Å². The molecule has 0 saturated carbocycles. The molecule has 0 aromatic heterocycles. The van der Waals surface area contributed by atoms with Gasteiger partial charge in [0.2, 0.25) is 0 Å². The number of anilines is 2. The SMILES string of the molecule is CCCCOc1ccc(C(=O)Nc2ccc(N3CCC(Cc4ccccc4)CC3)c(C(=O)NC(C)C)c2)cc1. The van der Waals surface area contributed by atoms with Crippen LogP contribution in [0.1, 0.15) is 72.7 Å². The highest BCUT2D eigenvalue weighted by Gasteiger charge is 2.24. The molecule has 0 atom stereocenters. The molecule has 0 spiro atoms. The number of nitrogens with one attached hydrogen (secondary N) is 2. The third kappa shape index (κ3) is 8.09. The Morgan fingerprint density at radius 2 is 1.67 bits per heavy atom. The summed E-state index contributed by atoms with van der Waals surface area (Å²) in [5.41, 5.74) is 4.02. The highest BCUT2D eigenvalue weighted by Crippen LogP contribution is 2.30. The van der Waals surface area contributed by atoms with Crippen LogP contribution in [0.5, 0.6) is 5.75 Å². The first-order valence-corrected chi connectivity index (χ1v) is 14.2. The number of benzene rings is 3. The molecule has 4 rings (SSSR count). The topological polar surface area (TPSA) is 70.7 Å². The normalized spacial score (nSPS) is 13.8. The summed E-state index contributed by atoms with van der Waals surface area (Å²) in [6.45, 7) is 8.49. The average molecular weight is 528 g/mol. The highest BCUT2D eigenvalue weighted by molar-refractivity contribution is 6.06. The van der Waals surface area contributed by atoms with Crippen molar-refractivity contribution in [3.63, 3.8) is 0 Å². The fraction of sp³-hybridized carbons (Fsp3) is 0.394. The van der Waals surface area contributed by atoms with Crippen LogP contribution in [0.2, 0.25) is 0 Å². The molecule has 206 valence electrons. The number of carbonyl (C=O) groups excluding carboxylic acids is 2. The molecule has 2 N–H and O–H groups in total. The predicted octanol–water partition coefficient (Wildman–Crippen LogP) is 6.72. The maximum Gasteiger partial charge on any atom is 0.255 e. The first-order valence-electron chi connectivity index (χ1n) is 14.2. The molecule has 2 amide bonds. The summed E-state index contributed by atoms with van der Waals surface area (Å²) in [6.07, 6.45) is 5.32. The van der Waals surface area contributed by atoms with Crippen molar-refractivity contribution in [1.29, 1.82) is 0 Å². The summed E-state index contributed by atoms with van der Waals surface area (Å²) in [6, 6.07) is 23.5. The molecule has 0 aliphatic carbocycles. The fourth-order valence-corrected chi connectivity index (χ4v) is 4.98. The van der Waals surface area contributed by atoms with Crippen molar-refractivity contribution in [2.45, 2.75) is 58.9 Å². The molecule has 1 aliphatic rings. The van der Waals surface area contributed by atoms with Gasteiger partial charge in [-0.15, -0.1) is 0 Å². The van der Waals surface area contributed by atoms with E-state index in [2.05, 4.69) is 52.8 Å². The van der Waals surface area contributed by atoms with Crippen LogP contribution in [-0.4, -0.2) is 37.6 Å². The molecule has 1 fully saturated rings. The second-order valence-corrected chi connectivity index (χ2v) is 10.7. The van der Waals surface area contributed by atoms with Crippen LogP contribution in [0, 0.1) is 5.92 Å². The van der Waals surface area contributed by atoms with Crippen molar-refractivity contribution in [2.24, 2.45) is 5.92 Å². The van der Waals surface area contributed by atoms with Gasteiger partial charge < -0.3 is 20.3 Å². The second kappa shape index (κ2) is 13.8. The van der Waals surface area contributed by atoms with Crippen LogP contribution in [-0.2, 0) is 6.42 Å². The molecule has 6 heteroatoms. The first kappa shape index (κ1) is 28.2. The maximum atomic E-state index is 13.2. The Balaban J connectivity index is 1.44. The first-order chi connectivity index (χ1) is 18.9. The minimum atomic E-state index is -0.222. The van der Waals surface area contributed by atoms with Gasteiger partial charge in [-0.05, 0) is 93.5 Å². The van der Waals surface area contributed by atoms with E-state index in [0.717, 1.165) is 56.6 Å². The van der Waals surface area contributed by atoms with Crippen LogP contribution in [0.3, 0.4) is 0 Å². The van der Waals surface area contributed by atoms with Gasteiger partial charge in [-0.25, -0.2) is 0 Å². The summed E-state index contributed by atoms with van der Waals surface area (Å²) in [5, 5.41) is 5.99. The molecule has 0 unspecified atom stereocenters. The summed E-state index contributed by atoms with van der Waals surface area (Å²) in [7, 11) is 0. The standard InChI is InChI=1S/C33H41N3O3/c1-4-5-21-39-29-14-11-27(12-15-29)32(37)35-28-13-16-31(30(23-28)33(38)34-24(2)3)36-19-17-26(18-20-36)22-25-9-7-6-8-10-25/h6-16,23-24,26H,4-5,17-22H2,1-3H3,(H,34,38)(H,35,37). The maximum absolute atomic E-state index is 13.2. The fourth-order valence-electron chi connectivity index (χ4n) is 4.98. The summed E-state index contributed by atoms with van der Waals surface area (Å²) in [4.78, 5) is 28.5. The molecule has 0 bridgehead atoms. The molecule has 6 nitrogen and oxygen atoms in total. The molecule has 1 heterocycles. The Hall–Kier alpha value is -3.80. The van der Waals surface area contributed by atoms with Crippen molar-refractivity contribution in [3.8, 4) is 5.75 Å². The number of ether oxygens (including phenoxy) is 1. The van der Waals surface area contributed by atoms with E-state index in [9.17, 15) is 9.59 Å². The third-order valence-electron chi connectivity index (χ3n) is 7.12. The lowest BCUT2D eigenvalue weighted by atomic mass is 9.89. The van der Waals surface area contributed by atoms with Crippen molar-refractivity contribution in [2.75, 3.05) is 29.9 Å². The van der Waals surface area contributed by atoms with Crippen molar-refractivity contribution in [3.05, 3.63) is 89.5 Å². The number of carbonyl (C=O) groups is 2.